The summed E-state index contributed by atoms with van der Waals surface area (Å²) in [6.45, 7) is 0.469. The molecule has 142 valence electrons. The van der Waals surface area contributed by atoms with Gasteiger partial charge in [-0.15, -0.1) is 0 Å². The summed E-state index contributed by atoms with van der Waals surface area (Å²) in [5.74, 6) is -0.920. The van der Waals surface area contributed by atoms with Gasteiger partial charge in [-0.3, -0.25) is 4.79 Å². The summed E-state index contributed by atoms with van der Waals surface area (Å²) in [4.78, 5) is 31.6. The molecule has 3 aromatic rings. The summed E-state index contributed by atoms with van der Waals surface area (Å²) >= 11 is 0. The lowest BCUT2D eigenvalue weighted by Gasteiger charge is -2.08. The van der Waals surface area contributed by atoms with Crippen LogP contribution in [0.15, 0.2) is 60.8 Å². The molecule has 0 aliphatic heterocycles. The summed E-state index contributed by atoms with van der Waals surface area (Å²) in [7, 11) is 0. The van der Waals surface area contributed by atoms with E-state index >= 15 is 0 Å². The number of carboxylic acids is 1. The topological polar surface area (TPSA) is 127 Å². The van der Waals surface area contributed by atoms with Gasteiger partial charge < -0.3 is 20.9 Å². The van der Waals surface area contributed by atoms with Crippen LogP contribution in [0, 0.1) is 0 Å². The van der Waals surface area contributed by atoms with E-state index in [0.717, 1.165) is 0 Å². The highest BCUT2D eigenvalue weighted by Crippen LogP contribution is 2.19. The zero-order valence-corrected chi connectivity index (χ0v) is 14.8. The molecule has 0 aliphatic rings. The third kappa shape index (κ3) is 4.89. The Labute approximate surface area is 161 Å². The van der Waals surface area contributed by atoms with Gasteiger partial charge in [0, 0.05) is 24.8 Å². The Morgan fingerprint density at radius 2 is 1.86 bits per heavy atom. The van der Waals surface area contributed by atoms with E-state index < -0.39 is 5.97 Å². The van der Waals surface area contributed by atoms with Crippen LogP contribution in [0.4, 0.5) is 0 Å². The summed E-state index contributed by atoms with van der Waals surface area (Å²) in [5.41, 5.74) is 7.44. The number of nitrogens with zero attached hydrogens (tertiary/aromatic N) is 2. The van der Waals surface area contributed by atoms with Crippen LogP contribution < -0.4 is 15.8 Å². The maximum Gasteiger partial charge on any atom is 0.335 e. The van der Waals surface area contributed by atoms with Gasteiger partial charge in [0.15, 0.2) is 0 Å². The molecule has 0 aliphatic carbocycles. The number of carbonyl (C=O) groups excluding carboxylic acids is 1. The Morgan fingerprint density at radius 1 is 1.07 bits per heavy atom. The van der Waals surface area contributed by atoms with Crippen molar-refractivity contribution in [3.05, 3.63) is 83.2 Å². The third-order valence-corrected chi connectivity index (χ3v) is 3.83. The van der Waals surface area contributed by atoms with Crippen molar-refractivity contribution in [2.45, 2.75) is 13.1 Å². The van der Waals surface area contributed by atoms with Gasteiger partial charge in [0.1, 0.15) is 5.75 Å². The fourth-order valence-electron chi connectivity index (χ4n) is 2.44. The molecule has 0 fully saturated rings. The van der Waals surface area contributed by atoms with Gasteiger partial charge in [0.2, 0.25) is 0 Å². The van der Waals surface area contributed by atoms with Crippen LogP contribution in [0.3, 0.4) is 0 Å². The molecule has 1 aromatic heterocycles. The van der Waals surface area contributed by atoms with Crippen molar-refractivity contribution in [2.24, 2.45) is 5.73 Å². The number of carboxylic acid groups (broad SMARTS) is 1. The molecular weight excluding hydrogens is 360 g/mol. The maximum absolute atomic E-state index is 12.4. The molecule has 0 atom stereocenters. The lowest BCUT2D eigenvalue weighted by atomic mass is 10.1. The van der Waals surface area contributed by atoms with Crippen LogP contribution in [-0.2, 0) is 13.1 Å². The minimum atomic E-state index is -1.01. The predicted molar refractivity (Wildman–Crippen MR) is 101 cm³/mol. The van der Waals surface area contributed by atoms with Crippen molar-refractivity contribution >= 4 is 11.9 Å². The third-order valence-electron chi connectivity index (χ3n) is 3.83. The summed E-state index contributed by atoms with van der Waals surface area (Å²) < 4.78 is 5.59. The fourth-order valence-corrected chi connectivity index (χ4v) is 2.44. The van der Waals surface area contributed by atoms with Crippen molar-refractivity contribution in [1.29, 1.82) is 0 Å². The van der Waals surface area contributed by atoms with Gasteiger partial charge in [0.25, 0.3) is 5.91 Å². The van der Waals surface area contributed by atoms with Crippen molar-refractivity contribution in [2.75, 3.05) is 0 Å². The molecule has 8 nitrogen and oxygen atoms in total. The predicted octanol–water partition coefficient (Wildman–Crippen LogP) is 2.36. The number of hydrogen-bond acceptors (Lipinski definition) is 6. The summed E-state index contributed by atoms with van der Waals surface area (Å²) in [6, 6.07) is 14.8. The highest BCUT2D eigenvalue weighted by molar-refractivity contribution is 5.94. The van der Waals surface area contributed by atoms with Crippen molar-refractivity contribution in [3.63, 3.8) is 0 Å². The van der Waals surface area contributed by atoms with E-state index in [1.165, 1.54) is 12.1 Å². The molecule has 0 bridgehead atoms. The second-order valence-electron chi connectivity index (χ2n) is 5.85. The van der Waals surface area contributed by atoms with E-state index in [1.807, 2.05) is 0 Å². The van der Waals surface area contributed by atoms with Crippen molar-refractivity contribution < 1.29 is 19.4 Å². The molecule has 0 spiro atoms. The van der Waals surface area contributed by atoms with E-state index in [9.17, 15) is 9.59 Å². The Kier molecular flexibility index (Phi) is 5.93. The molecule has 1 amide bonds. The lowest BCUT2D eigenvalue weighted by Crippen LogP contribution is -2.22. The quantitative estimate of drug-likeness (QED) is 0.576. The van der Waals surface area contributed by atoms with Gasteiger partial charge in [-0.1, -0.05) is 18.2 Å². The number of nitrogens with one attached hydrogen (secondary N) is 1. The molecule has 28 heavy (non-hydrogen) atoms. The monoisotopic (exact) mass is 378 g/mol. The van der Waals surface area contributed by atoms with Crippen molar-refractivity contribution in [1.82, 2.24) is 15.3 Å². The molecule has 2 aromatic carbocycles. The molecule has 0 radical (unpaired) electrons. The van der Waals surface area contributed by atoms with Crippen LogP contribution in [0.2, 0.25) is 0 Å². The van der Waals surface area contributed by atoms with Gasteiger partial charge in [-0.05, 0) is 42.0 Å². The standard InChI is InChI=1S/C20H18N4O4/c21-11-16-7-8-22-20(24-16)28-17-6-2-4-14(10-17)18(25)23-12-13-3-1-5-15(9-13)19(26)27/h1-10H,11-12,21H2,(H,23,25)(H,26,27). The first-order valence-electron chi connectivity index (χ1n) is 8.45. The number of aromatic nitrogens is 2. The number of amides is 1. The van der Waals surface area contributed by atoms with Gasteiger partial charge in [-0.25, -0.2) is 9.78 Å². The number of carbonyl (C=O) groups is 2. The second-order valence-corrected chi connectivity index (χ2v) is 5.85. The SMILES string of the molecule is NCc1ccnc(Oc2cccc(C(=O)NCc3cccc(C(=O)O)c3)c2)n1. The number of rotatable bonds is 7. The second kappa shape index (κ2) is 8.74. The van der Waals surface area contributed by atoms with Crippen LogP contribution in [0.5, 0.6) is 11.8 Å². The van der Waals surface area contributed by atoms with Crippen LogP contribution in [0.25, 0.3) is 0 Å². The van der Waals surface area contributed by atoms with E-state index in [2.05, 4.69) is 15.3 Å². The zero-order valence-electron chi connectivity index (χ0n) is 14.8. The van der Waals surface area contributed by atoms with E-state index in [0.29, 0.717) is 22.6 Å². The number of aromatic carboxylic acids is 1. The highest BCUT2D eigenvalue weighted by atomic mass is 16.5. The highest BCUT2D eigenvalue weighted by Gasteiger charge is 2.09. The number of nitrogens with two attached hydrogens (primary N) is 1. The molecule has 0 unspecified atom stereocenters. The van der Waals surface area contributed by atoms with Gasteiger partial charge >= 0.3 is 12.0 Å². The normalized spacial score (nSPS) is 10.3. The van der Waals surface area contributed by atoms with Crippen LogP contribution in [0.1, 0.15) is 32.0 Å². The Hall–Kier alpha value is -3.78. The smallest absolute Gasteiger partial charge is 0.335 e. The fraction of sp³-hybridized carbons (Fsp3) is 0.100. The Bertz CT molecular complexity index is 1010. The average Bonchev–Trinajstić information content (AvgIpc) is 2.72. The molecule has 1 heterocycles. The minimum absolute atomic E-state index is 0.144. The molecule has 0 saturated carbocycles. The number of hydrogen-bond donors (Lipinski definition) is 3. The number of benzene rings is 2. The first-order chi connectivity index (χ1) is 13.5. The molecule has 3 rings (SSSR count). The molecule has 4 N–H and O–H groups in total. The average molecular weight is 378 g/mol. The van der Waals surface area contributed by atoms with Crippen LogP contribution in [-0.4, -0.2) is 27.0 Å². The first-order valence-corrected chi connectivity index (χ1v) is 8.45. The Morgan fingerprint density at radius 3 is 2.64 bits per heavy atom. The van der Waals surface area contributed by atoms with E-state index in [1.54, 1.807) is 48.7 Å². The summed E-state index contributed by atoms with van der Waals surface area (Å²) in [6.07, 6.45) is 1.55. The minimum Gasteiger partial charge on any atom is -0.478 e. The van der Waals surface area contributed by atoms with E-state index in [4.69, 9.17) is 15.6 Å². The zero-order chi connectivity index (χ0) is 19.9. The maximum atomic E-state index is 12.4. The summed E-state index contributed by atoms with van der Waals surface area (Å²) in [5, 5.41) is 11.8. The van der Waals surface area contributed by atoms with Gasteiger partial charge in [0.05, 0.1) is 11.3 Å². The van der Waals surface area contributed by atoms with Crippen molar-refractivity contribution in [3.8, 4) is 11.8 Å². The lowest BCUT2D eigenvalue weighted by molar-refractivity contribution is 0.0696. The van der Waals surface area contributed by atoms with Crippen LogP contribution >= 0.6 is 0 Å². The number of ether oxygens (including phenoxy) is 1. The molecular formula is C20H18N4O4. The molecule has 8 heteroatoms. The first kappa shape index (κ1) is 19.0. The molecule has 0 saturated heterocycles. The van der Waals surface area contributed by atoms with E-state index in [-0.39, 0.29) is 30.6 Å². The largest absolute Gasteiger partial charge is 0.478 e. The van der Waals surface area contributed by atoms with Gasteiger partial charge in [-0.2, -0.15) is 4.98 Å². The Balaban J connectivity index is 1.66.